The predicted octanol–water partition coefficient (Wildman–Crippen LogP) is 6.42. The van der Waals surface area contributed by atoms with Gasteiger partial charge >= 0.3 is 54.1 Å². The summed E-state index contributed by atoms with van der Waals surface area (Å²) in [6, 6.07) is 45.3. The van der Waals surface area contributed by atoms with Crippen molar-refractivity contribution in [2.75, 3.05) is 0 Å². The molecule has 3 heteroatoms. The van der Waals surface area contributed by atoms with Crippen LogP contribution in [0.4, 0.5) is 0 Å². The fraction of sp³-hybridized carbons (Fsp3) is 0.362. The first kappa shape index (κ1) is 43.7. The summed E-state index contributed by atoms with van der Waals surface area (Å²) in [6.07, 6.45) is 6.10. The third-order valence-corrected chi connectivity index (χ3v) is 11.4. The van der Waals surface area contributed by atoms with Crippen molar-refractivity contribution in [1.82, 2.24) is 0 Å². The Morgan fingerprint density at radius 2 is 1.40 bits per heavy atom. The van der Waals surface area contributed by atoms with Crippen LogP contribution in [0.5, 0.6) is 0 Å². The van der Waals surface area contributed by atoms with E-state index < -0.39 is 0 Å². The van der Waals surface area contributed by atoms with Gasteiger partial charge in [0.1, 0.15) is 0 Å². The maximum atomic E-state index is 3.86. The second-order valence-corrected chi connectivity index (χ2v) is 15.7. The SMILES string of the molecule is CCCC[CH]=[Zr+2].Cc1cc2c(cc1C(C)(C)c1ccccc1)-c1ccc(CC(C)C(C)C(C)(C)c3ccccc3)[c-]c1C2.[Cl-].[Cl-].c1cc[cH-]c1. The molecular formula is C47H56Cl2Zr-2. The summed E-state index contributed by atoms with van der Waals surface area (Å²) in [7, 11) is 0. The molecule has 5 aromatic rings. The first-order valence-electron chi connectivity index (χ1n) is 18.0. The summed E-state index contributed by atoms with van der Waals surface area (Å²) < 4.78 is 2.30. The molecule has 0 aromatic heterocycles. The zero-order chi connectivity index (χ0) is 34.7. The largest absolute Gasteiger partial charge is 1.00 e. The minimum absolute atomic E-state index is 0. The Kier molecular flexibility index (Phi) is 18.0. The molecule has 0 spiro atoms. The van der Waals surface area contributed by atoms with Crippen molar-refractivity contribution in [3.05, 3.63) is 160 Å². The number of hydrogen-bond donors (Lipinski definition) is 0. The molecule has 1 aliphatic carbocycles. The minimum Gasteiger partial charge on any atom is -1.00 e. The van der Waals surface area contributed by atoms with Gasteiger partial charge in [-0.2, -0.15) is 42.0 Å². The van der Waals surface area contributed by atoms with Gasteiger partial charge in [-0.3, -0.25) is 0 Å². The maximum absolute atomic E-state index is 3.86. The minimum atomic E-state index is -0.0378. The molecule has 0 radical (unpaired) electrons. The Hall–Kier alpha value is -2.44. The van der Waals surface area contributed by atoms with Gasteiger partial charge in [-0.25, -0.2) is 12.1 Å². The molecule has 2 atom stereocenters. The standard InChI is InChI=1S/C37H41.C5H5.C5H10.2ClH.Zr/c1-25(27(3)36(4,5)31-14-10-8-11-15-31)20-28-18-19-33-30(22-28)23-29-21-26(2)35(24-34(29)33)37(6,7)32-16-12-9-13-17-32;1-2-4-5-3-1;1-3-5-4-2;;;/h8-19,21,24-25,27H,20,23H2,1-7H3;1-5H;1H,3-5H2,2H3;2*1H;/q2*-1;;;;+2/p-2. The number of benzene rings is 4. The van der Waals surface area contributed by atoms with Crippen LogP contribution in [0.15, 0.2) is 115 Å². The van der Waals surface area contributed by atoms with Crippen LogP contribution in [0.3, 0.4) is 0 Å². The molecule has 0 N–H and O–H groups in total. The average molecular weight is 783 g/mol. The molecule has 0 amide bonds. The van der Waals surface area contributed by atoms with Crippen LogP contribution in [0, 0.1) is 24.8 Å². The molecule has 6 rings (SSSR count). The van der Waals surface area contributed by atoms with E-state index in [-0.39, 0.29) is 35.6 Å². The fourth-order valence-corrected chi connectivity index (χ4v) is 7.63. The van der Waals surface area contributed by atoms with Crippen LogP contribution in [-0.4, -0.2) is 3.71 Å². The number of fused-ring (bicyclic) bond motifs is 3. The Balaban J connectivity index is 0.000000574. The van der Waals surface area contributed by atoms with E-state index in [1.165, 1.54) is 69.3 Å². The second kappa shape index (κ2) is 20.6. The van der Waals surface area contributed by atoms with Gasteiger partial charge in [0, 0.05) is 5.41 Å². The van der Waals surface area contributed by atoms with E-state index in [0.29, 0.717) is 11.8 Å². The molecule has 0 bridgehead atoms. The molecule has 1 aliphatic rings. The van der Waals surface area contributed by atoms with Gasteiger partial charge < -0.3 is 24.8 Å². The second-order valence-electron chi connectivity index (χ2n) is 14.7. The molecule has 0 nitrogen and oxygen atoms in total. The molecule has 264 valence electrons. The number of aryl methyl sites for hydroxylation is 1. The zero-order valence-electron chi connectivity index (χ0n) is 31.5. The Bertz CT molecular complexity index is 1680. The summed E-state index contributed by atoms with van der Waals surface area (Å²) in [5.41, 5.74) is 12.6. The van der Waals surface area contributed by atoms with E-state index in [1.807, 2.05) is 30.3 Å². The van der Waals surface area contributed by atoms with Gasteiger partial charge in [-0.1, -0.05) is 120 Å². The van der Waals surface area contributed by atoms with E-state index in [9.17, 15) is 0 Å². The van der Waals surface area contributed by atoms with Crippen molar-refractivity contribution in [3.63, 3.8) is 0 Å². The summed E-state index contributed by atoms with van der Waals surface area (Å²) in [5.74, 6) is 1.12. The summed E-state index contributed by atoms with van der Waals surface area (Å²) >= 11 is 1.57. The van der Waals surface area contributed by atoms with Crippen molar-refractivity contribution in [3.8, 4) is 11.1 Å². The summed E-state index contributed by atoms with van der Waals surface area (Å²) in [4.78, 5) is 0. The van der Waals surface area contributed by atoms with Crippen molar-refractivity contribution < 1.29 is 49.0 Å². The van der Waals surface area contributed by atoms with Crippen molar-refractivity contribution >= 4 is 3.71 Å². The molecule has 0 saturated carbocycles. The van der Waals surface area contributed by atoms with E-state index >= 15 is 0 Å². The molecule has 0 saturated heterocycles. The molecule has 0 heterocycles. The molecule has 5 aromatic carbocycles. The van der Waals surface area contributed by atoms with Crippen LogP contribution < -0.4 is 24.8 Å². The third-order valence-electron chi connectivity index (χ3n) is 10.7. The van der Waals surface area contributed by atoms with Gasteiger partial charge in [0.15, 0.2) is 0 Å². The number of hydrogen-bond acceptors (Lipinski definition) is 0. The van der Waals surface area contributed by atoms with Crippen LogP contribution in [0.1, 0.15) is 107 Å². The fourth-order valence-electron chi connectivity index (χ4n) is 7.13. The van der Waals surface area contributed by atoms with Crippen molar-refractivity contribution in [2.45, 2.75) is 98.3 Å². The van der Waals surface area contributed by atoms with Crippen LogP contribution in [-0.2, 0) is 47.9 Å². The number of halogens is 2. The zero-order valence-corrected chi connectivity index (χ0v) is 35.5. The number of rotatable bonds is 10. The quantitative estimate of drug-likeness (QED) is 0.111. The first-order chi connectivity index (χ1) is 23.0. The molecule has 0 fully saturated rings. The van der Waals surface area contributed by atoms with Gasteiger partial charge in [0.25, 0.3) is 0 Å². The Labute approximate surface area is 332 Å². The van der Waals surface area contributed by atoms with Crippen LogP contribution in [0.25, 0.3) is 11.1 Å². The monoisotopic (exact) mass is 780 g/mol. The van der Waals surface area contributed by atoms with Gasteiger partial charge in [0.05, 0.1) is 0 Å². The van der Waals surface area contributed by atoms with E-state index in [0.717, 1.165) is 12.8 Å². The number of unbranched alkanes of at least 4 members (excludes halogenated alkanes) is 2. The molecular weight excluding hydrogens is 727 g/mol. The third kappa shape index (κ3) is 11.0. The maximum Gasteiger partial charge on any atom is 0.0149 e. The van der Waals surface area contributed by atoms with Crippen molar-refractivity contribution in [1.29, 1.82) is 0 Å². The van der Waals surface area contributed by atoms with Crippen molar-refractivity contribution in [2.24, 2.45) is 11.8 Å². The van der Waals surface area contributed by atoms with E-state index in [4.69, 9.17) is 0 Å². The topological polar surface area (TPSA) is 0 Å². The molecule has 0 aliphatic heterocycles. The molecule has 50 heavy (non-hydrogen) atoms. The summed E-state index contributed by atoms with van der Waals surface area (Å²) in [6.45, 7) is 18.8. The predicted molar refractivity (Wildman–Crippen MR) is 206 cm³/mol. The van der Waals surface area contributed by atoms with Gasteiger partial charge in [-0.15, -0.1) is 11.1 Å². The Morgan fingerprint density at radius 3 is 1.92 bits per heavy atom. The first-order valence-corrected chi connectivity index (χ1v) is 19.4. The Morgan fingerprint density at radius 1 is 0.800 bits per heavy atom. The van der Waals surface area contributed by atoms with E-state index in [1.54, 1.807) is 24.2 Å². The molecule has 2 unspecified atom stereocenters. The van der Waals surface area contributed by atoms with Crippen LogP contribution in [0.2, 0.25) is 0 Å². The van der Waals surface area contributed by atoms with Gasteiger partial charge in [0.2, 0.25) is 0 Å². The van der Waals surface area contributed by atoms with E-state index in [2.05, 4.69) is 150 Å². The van der Waals surface area contributed by atoms with Gasteiger partial charge in [-0.05, 0) is 64.8 Å². The average Bonchev–Trinajstić information content (AvgIpc) is 3.79. The normalized spacial score (nSPS) is 12.7. The summed E-state index contributed by atoms with van der Waals surface area (Å²) in [5, 5.41) is 0. The smallest absolute Gasteiger partial charge is 0.0149 e. The van der Waals surface area contributed by atoms with Crippen LogP contribution >= 0.6 is 0 Å².